The zero-order chi connectivity index (χ0) is 15.5. The molecule has 0 amide bonds. The van der Waals surface area contributed by atoms with Gasteiger partial charge in [0.25, 0.3) is 0 Å². The highest BCUT2D eigenvalue weighted by molar-refractivity contribution is 7.12. The molecule has 22 heavy (non-hydrogen) atoms. The van der Waals surface area contributed by atoms with Crippen molar-refractivity contribution in [1.29, 1.82) is 0 Å². The van der Waals surface area contributed by atoms with Crippen molar-refractivity contribution in [3.8, 4) is 17.0 Å². The minimum absolute atomic E-state index is 0.108. The number of carbonyl (C=O) groups is 1. The first-order valence-electron chi connectivity index (χ1n) is 6.64. The van der Waals surface area contributed by atoms with Gasteiger partial charge in [-0.15, -0.1) is 11.3 Å². The Hall–Kier alpha value is -2.53. The maximum atomic E-state index is 12.9. The summed E-state index contributed by atoms with van der Waals surface area (Å²) in [5.41, 5.74) is 2.17. The number of aromatic hydroxyl groups is 1. The number of phenols is 1. The Morgan fingerprint density at radius 1 is 1.18 bits per heavy atom. The number of hydrogen-bond acceptors (Lipinski definition) is 4. The molecule has 3 nitrogen and oxygen atoms in total. The number of phenolic OH excluding ortho intramolecular Hbond substituents is 1. The number of halogens is 1. The smallest absolute Gasteiger partial charge is 0.195 e. The van der Waals surface area contributed by atoms with Crippen LogP contribution in [0.3, 0.4) is 0 Å². The van der Waals surface area contributed by atoms with Crippen LogP contribution in [0.15, 0.2) is 53.9 Å². The van der Waals surface area contributed by atoms with Crippen molar-refractivity contribution in [2.45, 2.75) is 6.42 Å². The number of benzene rings is 2. The van der Waals surface area contributed by atoms with Gasteiger partial charge in [0.05, 0.1) is 5.69 Å². The molecule has 0 saturated heterocycles. The van der Waals surface area contributed by atoms with Crippen LogP contribution in [0.2, 0.25) is 0 Å². The molecule has 5 heteroatoms. The van der Waals surface area contributed by atoms with Crippen LogP contribution in [0, 0.1) is 5.82 Å². The summed E-state index contributed by atoms with van der Waals surface area (Å²) in [6, 6.07) is 12.6. The number of aromatic nitrogens is 1. The highest BCUT2D eigenvalue weighted by Gasteiger charge is 2.13. The maximum absolute atomic E-state index is 12.9. The fourth-order valence-corrected chi connectivity index (χ4v) is 2.83. The van der Waals surface area contributed by atoms with Crippen molar-refractivity contribution in [3.63, 3.8) is 0 Å². The highest BCUT2D eigenvalue weighted by Crippen LogP contribution is 2.25. The molecule has 2 aromatic carbocycles. The van der Waals surface area contributed by atoms with Gasteiger partial charge in [0, 0.05) is 17.4 Å². The molecule has 110 valence electrons. The summed E-state index contributed by atoms with van der Waals surface area (Å²) in [6.07, 6.45) is 0.188. The molecule has 1 heterocycles. The molecule has 0 fully saturated rings. The Bertz CT molecular complexity index is 812. The third-order valence-electron chi connectivity index (χ3n) is 3.16. The third kappa shape index (κ3) is 3.20. The van der Waals surface area contributed by atoms with Gasteiger partial charge in [0.2, 0.25) is 0 Å². The van der Waals surface area contributed by atoms with Crippen molar-refractivity contribution >= 4 is 17.1 Å². The maximum Gasteiger partial charge on any atom is 0.195 e. The molecule has 0 spiro atoms. The first-order chi connectivity index (χ1) is 10.6. The molecule has 3 aromatic rings. The summed E-state index contributed by atoms with van der Waals surface area (Å²) in [5, 5.41) is 11.7. The van der Waals surface area contributed by atoms with Gasteiger partial charge in [-0.3, -0.25) is 4.79 Å². The van der Waals surface area contributed by atoms with Gasteiger partial charge in [-0.2, -0.15) is 0 Å². The minimum Gasteiger partial charge on any atom is -0.508 e. The van der Waals surface area contributed by atoms with E-state index in [-0.39, 0.29) is 23.8 Å². The summed E-state index contributed by atoms with van der Waals surface area (Å²) < 4.78 is 12.9. The van der Waals surface area contributed by atoms with Crippen molar-refractivity contribution in [3.05, 3.63) is 70.3 Å². The summed E-state index contributed by atoms with van der Waals surface area (Å²) in [7, 11) is 0. The van der Waals surface area contributed by atoms with Crippen LogP contribution in [-0.2, 0) is 6.42 Å². The quantitative estimate of drug-likeness (QED) is 0.738. The molecule has 0 atom stereocenters. The van der Waals surface area contributed by atoms with Crippen LogP contribution in [0.5, 0.6) is 5.75 Å². The van der Waals surface area contributed by atoms with Gasteiger partial charge in [-0.25, -0.2) is 9.37 Å². The SMILES string of the molecule is O=C(Cc1ccc(F)cc1)c1nc(-c2cccc(O)c2)cs1. The lowest BCUT2D eigenvalue weighted by Crippen LogP contribution is -2.03. The largest absolute Gasteiger partial charge is 0.508 e. The van der Waals surface area contributed by atoms with Gasteiger partial charge in [-0.1, -0.05) is 24.3 Å². The third-order valence-corrected chi connectivity index (χ3v) is 4.05. The van der Waals surface area contributed by atoms with Crippen LogP contribution in [-0.4, -0.2) is 15.9 Å². The number of rotatable bonds is 4. The van der Waals surface area contributed by atoms with Crippen LogP contribution >= 0.6 is 11.3 Å². The van der Waals surface area contributed by atoms with Gasteiger partial charge in [0.1, 0.15) is 11.6 Å². The van der Waals surface area contributed by atoms with Crippen LogP contribution in [0.1, 0.15) is 15.4 Å². The Kier molecular flexibility index (Phi) is 3.98. The van der Waals surface area contributed by atoms with E-state index >= 15 is 0 Å². The molecule has 0 unspecified atom stereocenters. The van der Waals surface area contributed by atoms with Gasteiger partial charge < -0.3 is 5.11 Å². The number of thiazole rings is 1. The molecule has 0 bridgehead atoms. The molecule has 0 aliphatic heterocycles. The van der Waals surface area contributed by atoms with Gasteiger partial charge in [-0.05, 0) is 29.8 Å². The van der Waals surface area contributed by atoms with E-state index in [9.17, 15) is 14.3 Å². The number of Topliss-reactive ketones (excluding diaryl/α,β-unsaturated/α-hetero) is 1. The van der Waals surface area contributed by atoms with E-state index in [1.807, 2.05) is 6.07 Å². The van der Waals surface area contributed by atoms with Gasteiger partial charge >= 0.3 is 0 Å². The Labute approximate surface area is 130 Å². The normalized spacial score (nSPS) is 10.6. The van der Waals surface area contributed by atoms with E-state index in [0.29, 0.717) is 10.7 Å². The van der Waals surface area contributed by atoms with Crippen molar-refractivity contribution in [2.24, 2.45) is 0 Å². The number of nitrogens with zero attached hydrogens (tertiary/aromatic N) is 1. The van der Waals surface area contributed by atoms with Crippen LogP contribution < -0.4 is 0 Å². The molecule has 0 saturated carbocycles. The second-order valence-electron chi connectivity index (χ2n) is 4.81. The zero-order valence-corrected chi connectivity index (χ0v) is 12.3. The molecule has 0 radical (unpaired) electrons. The monoisotopic (exact) mass is 313 g/mol. The van der Waals surface area contributed by atoms with Crippen molar-refractivity contribution in [2.75, 3.05) is 0 Å². The summed E-state index contributed by atoms with van der Waals surface area (Å²) in [5.74, 6) is -0.274. The highest BCUT2D eigenvalue weighted by atomic mass is 32.1. The molecular formula is C17H12FNO2S. The lowest BCUT2D eigenvalue weighted by atomic mass is 10.1. The van der Waals surface area contributed by atoms with E-state index in [1.54, 1.807) is 35.7 Å². The van der Waals surface area contributed by atoms with Gasteiger partial charge in [0.15, 0.2) is 10.8 Å². The number of hydrogen-bond donors (Lipinski definition) is 1. The van der Waals surface area contributed by atoms with E-state index in [1.165, 1.54) is 23.5 Å². The van der Waals surface area contributed by atoms with Crippen molar-refractivity contribution < 1.29 is 14.3 Å². The summed E-state index contributed by atoms with van der Waals surface area (Å²) in [4.78, 5) is 16.5. The Balaban J connectivity index is 1.78. The standard InChI is InChI=1S/C17H12FNO2S/c18-13-6-4-11(5-7-13)8-16(21)17-19-15(10-22-17)12-2-1-3-14(20)9-12/h1-7,9-10,20H,8H2. The first-order valence-corrected chi connectivity index (χ1v) is 7.52. The average molecular weight is 313 g/mol. The van der Waals surface area contributed by atoms with Crippen molar-refractivity contribution in [1.82, 2.24) is 4.98 Å². The summed E-state index contributed by atoms with van der Waals surface area (Å²) in [6.45, 7) is 0. The van der Waals surface area contributed by atoms with Crippen LogP contribution in [0.25, 0.3) is 11.3 Å². The van der Waals surface area contributed by atoms with E-state index in [2.05, 4.69) is 4.98 Å². The zero-order valence-electron chi connectivity index (χ0n) is 11.5. The first kappa shape index (κ1) is 14.4. The number of ketones is 1. The summed E-state index contributed by atoms with van der Waals surface area (Å²) >= 11 is 1.26. The lowest BCUT2D eigenvalue weighted by Gasteiger charge is -1.99. The van der Waals surface area contributed by atoms with E-state index < -0.39 is 0 Å². The Morgan fingerprint density at radius 3 is 2.68 bits per heavy atom. The molecule has 1 N–H and O–H groups in total. The fourth-order valence-electron chi connectivity index (χ4n) is 2.06. The second kappa shape index (κ2) is 6.07. The Morgan fingerprint density at radius 2 is 1.95 bits per heavy atom. The molecule has 0 aliphatic rings. The van der Waals surface area contributed by atoms with E-state index in [4.69, 9.17) is 0 Å². The fraction of sp³-hybridized carbons (Fsp3) is 0.0588. The topological polar surface area (TPSA) is 50.2 Å². The van der Waals surface area contributed by atoms with Crippen LogP contribution in [0.4, 0.5) is 4.39 Å². The second-order valence-corrected chi connectivity index (χ2v) is 5.67. The predicted octanol–water partition coefficient (Wildman–Crippen LogP) is 4.08. The average Bonchev–Trinajstić information content (AvgIpc) is 3.00. The lowest BCUT2D eigenvalue weighted by molar-refractivity contribution is 0.0992. The molecule has 3 rings (SSSR count). The van der Waals surface area contributed by atoms with E-state index in [0.717, 1.165) is 11.1 Å². The molecule has 1 aromatic heterocycles. The molecular weight excluding hydrogens is 301 g/mol. The number of carbonyl (C=O) groups excluding carboxylic acids is 1. The minimum atomic E-state index is -0.323. The predicted molar refractivity (Wildman–Crippen MR) is 83.6 cm³/mol. The molecule has 0 aliphatic carbocycles.